The van der Waals surface area contributed by atoms with Crippen molar-refractivity contribution in [2.24, 2.45) is 0 Å². The molecule has 0 heterocycles. The Bertz CT molecular complexity index is 880. The lowest BCUT2D eigenvalue weighted by Crippen LogP contribution is -2.27. The summed E-state index contributed by atoms with van der Waals surface area (Å²) in [6.45, 7) is 1.88. The van der Waals surface area contributed by atoms with E-state index in [1.807, 2.05) is 30.3 Å². The maximum absolute atomic E-state index is 12.1. The molecule has 0 saturated heterocycles. The normalized spacial score (nSPS) is 10.6. The zero-order valence-electron chi connectivity index (χ0n) is 15.3. The summed E-state index contributed by atoms with van der Waals surface area (Å²) in [6.07, 6.45) is 1.98. The summed E-state index contributed by atoms with van der Waals surface area (Å²) >= 11 is 0. The number of hydrogen-bond donors (Lipinski definition) is 2. The summed E-state index contributed by atoms with van der Waals surface area (Å²) in [5.74, 6) is 0.262. The molecule has 0 aliphatic rings. The van der Waals surface area contributed by atoms with Gasteiger partial charge >= 0.3 is 0 Å². The largest absolute Gasteiger partial charge is 0.497 e. The van der Waals surface area contributed by atoms with Crippen LogP contribution in [0.1, 0.15) is 22.8 Å². The highest BCUT2D eigenvalue weighted by Gasteiger charge is 2.08. The van der Waals surface area contributed by atoms with E-state index < -0.39 is 5.91 Å². The SMILES string of the molecule is COc1ccc(CCNC(=O)/C(C#N)=C\Nc2cccc(C(C)=O)c2)cc1. The molecule has 2 aromatic carbocycles. The van der Waals surface area contributed by atoms with E-state index in [1.54, 1.807) is 31.4 Å². The molecule has 0 spiro atoms. The maximum Gasteiger partial charge on any atom is 0.263 e. The Kier molecular flexibility index (Phi) is 7.15. The molecule has 0 radical (unpaired) electrons. The van der Waals surface area contributed by atoms with Gasteiger partial charge in [-0.3, -0.25) is 9.59 Å². The second-order valence-electron chi connectivity index (χ2n) is 5.81. The Hall–Kier alpha value is -3.59. The number of amides is 1. The van der Waals surface area contributed by atoms with Crippen LogP contribution < -0.4 is 15.4 Å². The van der Waals surface area contributed by atoms with E-state index in [2.05, 4.69) is 10.6 Å². The van der Waals surface area contributed by atoms with Gasteiger partial charge in [0.1, 0.15) is 17.4 Å². The fraction of sp³-hybridized carbons (Fsp3) is 0.190. The van der Waals surface area contributed by atoms with Crippen LogP contribution >= 0.6 is 0 Å². The van der Waals surface area contributed by atoms with Crippen LogP contribution in [0, 0.1) is 11.3 Å². The average molecular weight is 363 g/mol. The number of nitriles is 1. The standard InChI is InChI=1S/C21H21N3O3/c1-15(25)17-4-3-5-19(12-17)24-14-18(13-22)21(26)23-11-10-16-6-8-20(27-2)9-7-16/h3-9,12,14,24H,10-11H2,1-2H3,(H,23,26)/b18-14-. The first-order valence-electron chi connectivity index (χ1n) is 8.42. The fourth-order valence-corrected chi connectivity index (χ4v) is 2.34. The van der Waals surface area contributed by atoms with Crippen molar-refractivity contribution >= 4 is 17.4 Å². The zero-order valence-corrected chi connectivity index (χ0v) is 15.3. The van der Waals surface area contributed by atoms with Gasteiger partial charge in [-0.25, -0.2) is 0 Å². The van der Waals surface area contributed by atoms with Crippen molar-refractivity contribution in [1.82, 2.24) is 5.32 Å². The molecule has 0 bridgehead atoms. The van der Waals surface area contributed by atoms with Gasteiger partial charge in [-0.05, 0) is 43.2 Å². The van der Waals surface area contributed by atoms with Gasteiger partial charge in [-0.1, -0.05) is 24.3 Å². The van der Waals surface area contributed by atoms with E-state index >= 15 is 0 Å². The van der Waals surface area contributed by atoms with E-state index in [0.717, 1.165) is 11.3 Å². The van der Waals surface area contributed by atoms with E-state index in [0.29, 0.717) is 24.2 Å². The summed E-state index contributed by atoms with van der Waals surface area (Å²) in [7, 11) is 1.61. The summed E-state index contributed by atoms with van der Waals surface area (Å²) in [5, 5.41) is 14.8. The minimum atomic E-state index is -0.457. The van der Waals surface area contributed by atoms with E-state index in [-0.39, 0.29) is 11.4 Å². The van der Waals surface area contributed by atoms with Crippen molar-refractivity contribution in [2.45, 2.75) is 13.3 Å². The third-order valence-electron chi connectivity index (χ3n) is 3.88. The average Bonchev–Trinajstić information content (AvgIpc) is 2.69. The summed E-state index contributed by atoms with van der Waals surface area (Å²) < 4.78 is 5.10. The molecule has 2 rings (SSSR count). The molecule has 138 valence electrons. The topological polar surface area (TPSA) is 91.2 Å². The van der Waals surface area contributed by atoms with Crippen LogP contribution in [0.3, 0.4) is 0 Å². The summed E-state index contributed by atoms with van der Waals surface area (Å²) in [5.41, 5.74) is 2.19. The van der Waals surface area contributed by atoms with Crippen molar-refractivity contribution in [1.29, 1.82) is 5.26 Å². The molecule has 0 aliphatic carbocycles. The number of rotatable bonds is 8. The van der Waals surface area contributed by atoms with Gasteiger partial charge in [-0.15, -0.1) is 0 Å². The lowest BCUT2D eigenvalue weighted by Gasteiger charge is -2.07. The highest BCUT2D eigenvalue weighted by molar-refractivity contribution is 5.97. The minimum absolute atomic E-state index is 0.0436. The minimum Gasteiger partial charge on any atom is -0.497 e. The van der Waals surface area contributed by atoms with Crippen LogP contribution in [0.4, 0.5) is 5.69 Å². The third-order valence-corrected chi connectivity index (χ3v) is 3.88. The third kappa shape index (κ3) is 6.01. The van der Waals surface area contributed by atoms with Gasteiger partial charge in [0.2, 0.25) is 0 Å². The monoisotopic (exact) mass is 363 g/mol. The first kappa shape index (κ1) is 19.7. The lowest BCUT2D eigenvalue weighted by molar-refractivity contribution is -0.117. The Morgan fingerprint density at radius 3 is 2.56 bits per heavy atom. The number of ether oxygens (including phenoxy) is 1. The van der Waals surface area contributed by atoms with Gasteiger partial charge < -0.3 is 15.4 Å². The van der Waals surface area contributed by atoms with Crippen LogP contribution in [-0.2, 0) is 11.2 Å². The highest BCUT2D eigenvalue weighted by atomic mass is 16.5. The van der Waals surface area contributed by atoms with Crippen molar-refractivity contribution in [3.8, 4) is 11.8 Å². The number of ketones is 1. The maximum atomic E-state index is 12.1. The number of Topliss-reactive ketones (excluding diaryl/α,β-unsaturated/α-hetero) is 1. The summed E-state index contributed by atoms with van der Waals surface area (Å²) in [6, 6.07) is 16.3. The molecule has 1 amide bonds. The molecule has 0 saturated carbocycles. The van der Waals surface area contributed by atoms with Gasteiger partial charge in [0, 0.05) is 24.0 Å². The second kappa shape index (κ2) is 9.78. The number of anilines is 1. The van der Waals surface area contributed by atoms with Crippen LogP contribution in [-0.4, -0.2) is 25.3 Å². The van der Waals surface area contributed by atoms with Gasteiger partial charge in [0.15, 0.2) is 5.78 Å². The Morgan fingerprint density at radius 2 is 1.93 bits per heavy atom. The molecule has 0 aliphatic heterocycles. The number of nitrogens with zero attached hydrogens (tertiary/aromatic N) is 1. The van der Waals surface area contributed by atoms with Crippen molar-refractivity contribution in [2.75, 3.05) is 19.0 Å². The highest BCUT2D eigenvalue weighted by Crippen LogP contribution is 2.12. The van der Waals surface area contributed by atoms with E-state index in [1.165, 1.54) is 13.1 Å². The molecule has 2 aromatic rings. The zero-order chi connectivity index (χ0) is 19.6. The fourth-order valence-electron chi connectivity index (χ4n) is 2.34. The first-order chi connectivity index (χ1) is 13.0. The van der Waals surface area contributed by atoms with Gasteiger partial charge in [0.25, 0.3) is 5.91 Å². The second-order valence-corrected chi connectivity index (χ2v) is 5.81. The Morgan fingerprint density at radius 1 is 1.19 bits per heavy atom. The van der Waals surface area contributed by atoms with E-state index in [4.69, 9.17) is 4.74 Å². The summed E-state index contributed by atoms with van der Waals surface area (Å²) in [4.78, 5) is 23.5. The number of nitrogens with one attached hydrogen (secondary N) is 2. The Labute approximate surface area is 158 Å². The van der Waals surface area contributed by atoms with E-state index in [9.17, 15) is 14.9 Å². The molecule has 6 heteroatoms. The molecule has 2 N–H and O–H groups in total. The molecule has 0 unspecified atom stereocenters. The molecule has 27 heavy (non-hydrogen) atoms. The Balaban J connectivity index is 1.90. The quantitative estimate of drug-likeness (QED) is 0.427. The number of hydrogen-bond acceptors (Lipinski definition) is 5. The molecule has 0 aromatic heterocycles. The van der Waals surface area contributed by atoms with Crippen LogP contribution in [0.25, 0.3) is 0 Å². The van der Waals surface area contributed by atoms with Gasteiger partial charge in [-0.2, -0.15) is 5.26 Å². The van der Waals surface area contributed by atoms with Crippen molar-refractivity contribution < 1.29 is 14.3 Å². The first-order valence-corrected chi connectivity index (χ1v) is 8.42. The predicted molar refractivity (Wildman–Crippen MR) is 103 cm³/mol. The molecule has 0 atom stereocenters. The number of methoxy groups -OCH3 is 1. The van der Waals surface area contributed by atoms with Crippen molar-refractivity contribution in [3.05, 3.63) is 71.4 Å². The van der Waals surface area contributed by atoms with Crippen LogP contribution in [0.2, 0.25) is 0 Å². The van der Waals surface area contributed by atoms with Gasteiger partial charge in [0.05, 0.1) is 7.11 Å². The molecular formula is C21H21N3O3. The molecule has 6 nitrogen and oxygen atoms in total. The lowest BCUT2D eigenvalue weighted by atomic mass is 10.1. The number of carbonyl (C=O) groups excluding carboxylic acids is 2. The van der Waals surface area contributed by atoms with Crippen molar-refractivity contribution in [3.63, 3.8) is 0 Å². The number of carbonyl (C=O) groups is 2. The molecular weight excluding hydrogens is 342 g/mol. The molecule has 0 fully saturated rings. The number of benzene rings is 2. The van der Waals surface area contributed by atoms with Crippen LogP contribution in [0.15, 0.2) is 60.3 Å². The van der Waals surface area contributed by atoms with Crippen LogP contribution in [0.5, 0.6) is 5.75 Å². The predicted octanol–water partition coefficient (Wildman–Crippen LogP) is 3.08. The smallest absolute Gasteiger partial charge is 0.263 e.